The van der Waals surface area contributed by atoms with Gasteiger partial charge in [-0.25, -0.2) is 9.48 Å². The van der Waals surface area contributed by atoms with Gasteiger partial charge in [-0.15, -0.1) is 11.3 Å². The van der Waals surface area contributed by atoms with Gasteiger partial charge in [0.05, 0.1) is 18.3 Å². The molecular formula is C13H12N4O2S. The number of carbonyl (C=O) groups excluding carboxylic acids is 1. The minimum absolute atomic E-state index is 0.0850. The fourth-order valence-electron chi connectivity index (χ4n) is 1.88. The lowest BCUT2D eigenvalue weighted by Crippen LogP contribution is -2.35. The van der Waals surface area contributed by atoms with Crippen molar-refractivity contribution in [3.63, 3.8) is 0 Å². The average Bonchev–Trinajstić information content (AvgIpc) is 3.10. The lowest BCUT2D eigenvalue weighted by Gasteiger charge is -2.06. The van der Waals surface area contributed by atoms with Crippen molar-refractivity contribution < 1.29 is 4.79 Å². The molecule has 20 heavy (non-hydrogen) atoms. The average molecular weight is 288 g/mol. The standard InChI is InChI=1S/C13H12N4O2S/c18-12(14-8-11-4-2-6-20-11)9-17-13(19)16-5-1-3-10(16)7-15-17/h1-7H,8-9H2,(H,14,18). The third-order valence-corrected chi connectivity index (χ3v) is 3.75. The summed E-state index contributed by atoms with van der Waals surface area (Å²) < 4.78 is 2.61. The first-order chi connectivity index (χ1) is 9.74. The Labute approximate surface area is 118 Å². The number of rotatable bonds is 4. The molecule has 0 fully saturated rings. The summed E-state index contributed by atoms with van der Waals surface area (Å²) in [6.07, 6.45) is 3.22. The molecule has 6 nitrogen and oxygen atoms in total. The van der Waals surface area contributed by atoms with E-state index >= 15 is 0 Å². The van der Waals surface area contributed by atoms with Gasteiger partial charge in [0.15, 0.2) is 0 Å². The van der Waals surface area contributed by atoms with E-state index in [-0.39, 0.29) is 18.1 Å². The Kier molecular flexibility index (Phi) is 3.34. The zero-order valence-corrected chi connectivity index (χ0v) is 11.3. The maximum Gasteiger partial charge on any atom is 0.349 e. The van der Waals surface area contributed by atoms with Gasteiger partial charge in [0.1, 0.15) is 6.54 Å². The highest BCUT2D eigenvalue weighted by molar-refractivity contribution is 7.09. The Morgan fingerprint density at radius 3 is 3.05 bits per heavy atom. The molecule has 0 unspecified atom stereocenters. The Morgan fingerprint density at radius 1 is 1.35 bits per heavy atom. The van der Waals surface area contributed by atoms with Gasteiger partial charge in [-0.05, 0) is 23.6 Å². The summed E-state index contributed by atoms with van der Waals surface area (Å²) in [6, 6.07) is 7.43. The minimum atomic E-state index is -0.321. The SMILES string of the molecule is O=C(Cn1ncc2cccn2c1=O)NCc1cccs1. The van der Waals surface area contributed by atoms with Crippen LogP contribution in [0.5, 0.6) is 0 Å². The predicted octanol–water partition coefficient (Wildman–Crippen LogP) is 0.874. The summed E-state index contributed by atoms with van der Waals surface area (Å²) in [6.45, 7) is 0.384. The van der Waals surface area contributed by atoms with Crippen LogP contribution in [0.3, 0.4) is 0 Å². The number of aromatic nitrogens is 3. The second-order valence-corrected chi connectivity index (χ2v) is 5.28. The molecule has 7 heteroatoms. The number of fused-ring (bicyclic) bond motifs is 1. The fraction of sp³-hybridized carbons (Fsp3) is 0.154. The molecule has 1 amide bonds. The number of nitrogens with zero attached hydrogens (tertiary/aromatic N) is 3. The molecule has 3 aromatic rings. The van der Waals surface area contributed by atoms with Gasteiger partial charge in [-0.1, -0.05) is 6.07 Å². The molecule has 102 valence electrons. The van der Waals surface area contributed by atoms with Crippen molar-refractivity contribution in [2.24, 2.45) is 0 Å². The Morgan fingerprint density at radius 2 is 2.25 bits per heavy atom. The van der Waals surface area contributed by atoms with Gasteiger partial charge in [0.2, 0.25) is 5.91 Å². The lowest BCUT2D eigenvalue weighted by molar-refractivity contribution is -0.122. The van der Waals surface area contributed by atoms with Crippen LogP contribution in [0.15, 0.2) is 46.8 Å². The van der Waals surface area contributed by atoms with Gasteiger partial charge in [-0.3, -0.25) is 9.20 Å². The fourth-order valence-corrected chi connectivity index (χ4v) is 2.52. The van der Waals surface area contributed by atoms with Gasteiger partial charge in [-0.2, -0.15) is 5.10 Å². The maximum absolute atomic E-state index is 12.0. The van der Waals surface area contributed by atoms with Crippen molar-refractivity contribution in [3.8, 4) is 0 Å². The molecule has 0 bridgehead atoms. The highest BCUT2D eigenvalue weighted by Gasteiger charge is 2.08. The van der Waals surface area contributed by atoms with Crippen LogP contribution in [0.4, 0.5) is 0 Å². The van der Waals surface area contributed by atoms with Gasteiger partial charge in [0.25, 0.3) is 0 Å². The summed E-state index contributed by atoms with van der Waals surface area (Å²) in [5.74, 6) is -0.237. The topological polar surface area (TPSA) is 68.4 Å². The second-order valence-electron chi connectivity index (χ2n) is 4.24. The highest BCUT2D eigenvalue weighted by atomic mass is 32.1. The zero-order chi connectivity index (χ0) is 13.9. The minimum Gasteiger partial charge on any atom is -0.350 e. The van der Waals surface area contributed by atoms with E-state index in [2.05, 4.69) is 10.4 Å². The van der Waals surface area contributed by atoms with Crippen LogP contribution in [-0.2, 0) is 17.9 Å². The summed E-state index contributed by atoms with van der Waals surface area (Å²) in [5, 5.41) is 8.71. The zero-order valence-electron chi connectivity index (χ0n) is 10.5. The Bertz CT molecular complexity index is 788. The van der Waals surface area contributed by atoms with Crippen molar-refractivity contribution in [1.82, 2.24) is 19.5 Å². The first-order valence-corrected chi connectivity index (χ1v) is 6.94. The molecule has 0 spiro atoms. The molecule has 0 saturated heterocycles. The van der Waals surface area contributed by atoms with Crippen molar-refractivity contribution in [2.75, 3.05) is 0 Å². The van der Waals surface area contributed by atoms with Crippen LogP contribution >= 0.6 is 11.3 Å². The molecule has 0 aliphatic rings. The van der Waals surface area contributed by atoms with Gasteiger partial charge >= 0.3 is 5.69 Å². The maximum atomic E-state index is 12.0. The summed E-state index contributed by atoms with van der Waals surface area (Å²) in [5.41, 5.74) is 0.393. The van der Waals surface area contributed by atoms with Gasteiger partial charge < -0.3 is 5.32 Å². The van der Waals surface area contributed by atoms with Crippen LogP contribution < -0.4 is 11.0 Å². The predicted molar refractivity (Wildman–Crippen MR) is 75.6 cm³/mol. The third-order valence-electron chi connectivity index (χ3n) is 2.87. The van der Waals surface area contributed by atoms with E-state index in [1.54, 1.807) is 35.9 Å². The van der Waals surface area contributed by atoms with E-state index in [0.29, 0.717) is 12.1 Å². The Balaban J connectivity index is 1.71. The first-order valence-electron chi connectivity index (χ1n) is 6.06. The number of hydrogen-bond acceptors (Lipinski definition) is 4. The molecule has 3 aromatic heterocycles. The van der Waals surface area contributed by atoms with E-state index in [4.69, 9.17) is 0 Å². The molecule has 0 aliphatic heterocycles. The number of hydrogen-bond donors (Lipinski definition) is 1. The smallest absolute Gasteiger partial charge is 0.349 e. The number of amides is 1. The third kappa shape index (κ3) is 2.48. The highest BCUT2D eigenvalue weighted by Crippen LogP contribution is 2.07. The molecule has 0 saturated carbocycles. The molecule has 0 radical (unpaired) electrons. The van der Waals surface area contributed by atoms with Crippen molar-refractivity contribution in [3.05, 3.63) is 57.4 Å². The van der Waals surface area contributed by atoms with Crippen LogP contribution in [-0.4, -0.2) is 20.1 Å². The quantitative estimate of drug-likeness (QED) is 0.774. The van der Waals surface area contributed by atoms with Crippen molar-refractivity contribution in [2.45, 2.75) is 13.1 Å². The van der Waals surface area contributed by atoms with E-state index < -0.39 is 0 Å². The van der Waals surface area contributed by atoms with Gasteiger partial charge in [0, 0.05) is 11.1 Å². The normalized spacial score (nSPS) is 10.8. The monoisotopic (exact) mass is 288 g/mol. The van der Waals surface area contributed by atoms with Crippen LogP contribution in [0.2, 0.25) is 0 Å². The molecule has 3 heterocycles. The van der Waals surface area contributed by atoms with Crippen LogP contribution in [0.25, 0.3) is 5.52 Å². The van der Waals surface area contributed by atoms with E-state index in [9.17, 15) is 9.59 Å². The molecule has 0 aliphatic carbocycles. The summed E-state index contributed by atoms with van der Waals surface area (Å²) in [7, 11) is 0. The summed E-state index contributed by atoms with van der Waals surface area (Å²) in [4.78, 5) is 24.9. The number of nitrogens with one attached hydrogen (secondary N) is 1. The van der Waals surface area contributed by atoms with E-state index in [1.807, 2.05) is 17.5 Å². The van der Waals surface area contributed by atoms with E-state index in [1.165, 1.54) is 4.40 Å². The summed E-state index contributed by atoms with van der Waals surface area (Å²) >= 11 is 1.57. The molecule has 0 aromatic carbocycles. The largest absolute Gasteiger partial charge is 0.350 e. The van der Waals surface area contributed by atoms with Crippen LogP contribution in [0, 0.1) is 0 Å². The molecule has 0 atom stereocenters. The molecule has 3 rings (SSSR count). The molecule has 1 N–H and O–H groups in total. The van der Waals surface area contributed by atoms with Crippen LogP contribution in [0.1, 0.15) is 4.88 Å². The Hall–Kier alpha value is -2.41. The van der Waals surface area contributed by atoms with Crippen molar-refractivity contribution in [1.29, 1.82) is 0 Å². The first kappa shape index (κ1) is 12.6. The number of carbonyl (C=O) groups is 1. The molecular weight excluding hydrogens is 276 g/mol. The second kappa shape index (κ2) is 5.30. The van der Waals surface area contributed by atoms with E-state index in [0.717, 1.165) is 9.56 Å². The number of thiophene rings is 1. The van der Waals surface area contributed by atoms with Crippen molar-refractivity contribution >= 4 is 22.8 Å². The lowest BCUT2D eigenvalue weighted by atomic mass is 10.4.